The summed E-state index contributed by atoms with van der Waals surface area (Å²) in [5.74, 6) is 1.64. The van der Waals surface area contributed by atoms with Crippen molar-refractivity contribution < 1.29 is 4.79 Å². The van der Waals surface area contributed by atoms with Gasteiger partial charge in [0.1, 0.15) is 0 Å². The fraction of sp³-hybridized carbons (Fsp3) is 0.938. The van der Waals surface area contributed by atoms with E-state index in [1.54, 1.807) is 0 Å². The maximum absolute atomic E-state index is 12.6. The van der Waals surface area contributed by atoms with E-state index in [4.69, 9.17) is 0 Å². The second-order valence-electron chi connectivity index (χ2n) is 6.85. The van der Waals surface area contributed by atoms with Crippen molar-refractivity contribution >= 4 is 5.91 Å². The van der Waals surface area contributed by atoms with Gasteiger partial charge in [0.05, 0.1) is 12.2 Å². The van der Waals surface area contributed by atoms with Crippen LogP contribution in [0.2, 0.25) is 0 Å². The van der Waals surface area contributed by atoms with Crippen molar-refractivity contribution in [3.63, 3.8) is 0 Å². The van der Waals surface area contributed by atoms with Crippen LogP contribution in [0, 0.1) is 11.8 Å². The molecule has 19 heavy (non-hydrogen) atoms. The number of carbonyl (C=O) groups excluding carboxylic acids is 1. The first-order valence-corrected chi connectivity index (χ1v) is 8.12. The number of hydrogen-bond donors (Lipinski definition) is 1. The first-order valence-electron chi connectivity index (χ1n) is 8.12. The quantitative estimate of drug-likeness (QED) is 0.848. The molecule has 4 atom stereocenters. The molecule has 2 aliphatic rings. The third kappa shape index (κ3) is 3.13. The van der Waals surface area contributed by atoms with E-state index in [0.29, 0.717) is 23.8 Å². The Balaban J connectivity index is 2.14. The molecular weight excluding hydrogens is 236 g/mol. The molecule has 3 heteroatoms. The van der Waals surface area contributed by atoms with E-state index < -0.39 is 0 Å². The minimum Gasteiger partial charge on any atom is -0.323 e. The van der Waals surface area contributed by atoms with Gasteiger partial charge in [-0.3, -0.25) is 10.1 Å². The number of hydrogen-bond acceptors (Lipinski definition) is 2. The Hall–Kier alpha value is -0.570. The lowest BCUT2D eigenvalue weighted by molar-refractivity contribution is -0.134. The SMILES string of the molecule is CCC1NC(CC(C)C)N(C2CCCCC2C)C1=O. The van der Waals surface area contributed by atoms with Gasteiger partial charge in [0, 0.05) is 6.04 Å². The van der Waals surface area contributed by atoms with Crippen molar-refractivity contribution in [2.24, 2.45) is 11.8 Å². The van der Waals surface area contributed by atoms with Gasteiger partial charge in [-0.15, -0.1) is 0 Å². The van der Waals surface area contributed by atoms with Crippen LogP contribution in [0.4, 0.5) is 0 Å². The lowest BCUT2D eigenvalue weighted by atomic mass is 9.84. The summed E-state index contributed by atoms with van der Waals surface area (Å²) in [6, 6.07) is 0.520. The first-order chi connectivity index (χ1) is 9.04. The minimum atomic E-state index is 0.0536. The predicted molar refractivity (Wildman–Crippen MR) is 78.7 cm³/mol. The van der Waals surface area contributed by atoms with Crippen molar-refractivity contribution in [2.75, 3.05) is 0 Å². The molecular formula is C16H30N2O. The van der Waals surface area contributed by atoms with Crippen molar-refractivity contribution in [3.05, 3.63) is 0 Å². The van der Waals surface area contributed by atoms with Gasteiger partial charge in [-0.05, 0) is 37.5 Å². The van der Waals surface area contributed by atoms with Crippen LogP contribution in [0.25, 0.3) is 0 Å². The molecule has 1 saturated heterocycles. The van der Waals surface area contributed by atoms with Gasteiger partial charge in [0.2, 0.25) is 5.91 Å². The Morgan fingerprint density at radius 3 is 2.58 bits per heavy atom. The fourth-order valence-corrected chi connectivity index (χ4v) is 3.74. The summed E-state index contributed by atoms with van der Waals surface area (Å²) in [5.41, 5.74) is 0. The molecule has 1 amide bonds. The second-order valence-corrected chi connectivity index (χ2v) is 6.85. The van der Waals surface area contributed by atoms with Crippen LogP contribution < -0.4 is 5.32 Å². The topological polar surface area (TPSA) is 32.3 Å². The zero-order valence-electron chi connectivity index (χ0n) is 13.0. The zero-order chi connectivity index (χ0) is 14.0. The van der Waals surface area contributed by atoms with E-state index in [9.17, 15) is 4.79 Å². The third-order valence-corrected chi connectivity index (χ3v) is 4.81. The first kappa shape index (κ1) is 14.8. The molecule has 0 aromatic heterocycles. The van der Waals surface area contributed by atoms with Crippen LogP contribution >= 0.6 is 0 Å². The summed E-state index contributed by atoms with van der Waals surface area (Å²) in [6.07, 6.45) is 7.34. The normalized spacial score (nSPS) is 36.3. The molecule has 0 radical (unpaired) electrons. The maximum atomic E-state index is 12.6. The van der Waals surface area contributed by atoms with E-state index in [2.05, 4.69) is 37.9 Å². The highest BCUT2D eigenvalue weighted by Gasteiger charge is 2.43. The predicted octanol–water partition coefficient (Wildman–Crippen LogP) is 3.15. The highest BCUT2D eigenvalue weighted by Crippen LogP contribution is 2.33. The Bertz CT molecular complexity index is 316. The number of nitrogens with zero attached hydrogens (tertiary/aromatic N) is 1. The van der Waals surface area contributed by atoms with Crippen LogP contribution in [0.1, 0.15) is 66.2 Å². The number of amides is 1. The van der Waals surface area contributed by atoms with Crippen molar-refractivity contribution in [2.45, 2.75) is 84.5 Å². The van der Waals surface area contributed by atoms with Crippen LogP contribution in [-0.4, -0.2) is 29.1 Å². The highest BCUT2D eigenvalue weighted by atomic mass is 16.2. The molecule has 0 aromatic carbocycles. The molecule has 3 nitrogen and oxygen atoms in total. The van der Waals surface area contributed by atoms with Crippen molar-refractivity contribution in [3.8, 4) is 0 Å². The Morgan fingerprint density at radius 1 is 1.32 bits per heavy atom. The number of rotatable bonds is 4. The summed E-state index contributed by atoms with van der Waals surface area (Å²) < 4.78 is 0. The van der Waals surface area contributed by atoms with Gasteiger partial charge in [-0.1, -0.05) is 40.5 Å². The molecule has 4 unspecified atom stereocenters. The fourth-order valence-electron chi connectivity index (χ4n) is 3.74. The molecule has 1 heterocycles. The van der Waals surface area contributed by atoms with Crippen molar-refractivity contribution in [1.29, 1.82) is 0 Å². The smallest absolute Gasteiger partial charge is 0.241 e. The molecule has 2 fully saturated rings. The molecule has 1 aliphatic carbocycles. The van der Waals surface area contributed by atoms with Gasteiger partial charge in [-0.25, -0.2) is 0 Å². The van der Waals surface area contributed by atoms with Gasteiger partial charge in [0.15, 0.2) is 0 Å². The summed E-state index contributed by atoms with van der Waals surface area (Å²) in [4.78, 5) is 14.9. The lowest BCUT2D eigenvalue weighted by Gasteiger charge is -2.39. The van der Waals surface area contributed by atoms with Gasteiger partial charge in [0.25, 0.3) is 0 Å². The summed E-state index contributed by atoms with van der Waals surface area (Å²) in [7, 11) is 0. The maximum Gasteiger partial charge on any atom is 0.241 e. The van der Waals surface area contributed by atoms with Crippen LogP contribution in [0.15, 0.2) is 0 Å². The summed E-state index contributed by atoms with van der Waals surface area (Å²) in [5, 5.41) is 3.57. The molecule has 2 rings (SSSR count). The van der Waals surface area contributed by atoms with Gasteiger partial charge < -0.3 is 4.90 Å². The lowest BCUT2D eigenvalue weighted by Crippen LogP contribution is -2.49. The van der Waals surface area contributed by atoms with E-state index in [1.807, 2.05) is 0 Å². The van der Waals surface area contributed by atoms with Gasteiger partial charge in [-0.2, -0.15) is 0 Å². The minimum absolute atomic E-state index is 0.0536. The summed E-state index contributed by atoms with van der Waals surface area (Å²) in [6.45, 7) is 8.92. The van der Waals surface area contributed by atoms with Crippen molar-refractivity contribution in [1.82, 2.24) is 10.2 Å². The number of carbonyl (C=O) groups is 1. The molecule has 1 N–H and O–H groups in total. The Labute approximate surface area is 118 Å². The average Bonchev–Trinajstić information content (AvgIpc) is 2.66. The Kier molecular flexibility index (Phi) is 4.88. The summed E-state index contributed by atoms with van der Waals surface area (Å²) >= 11 is 0. The van der Waals surface area contributed by atoms with E-state index in [1.165, 1.54) is 25.7 Å². The molecule has 0 spiro atoms. The molecule has 1 saturated carbocycles. The van der Waals surface area contributed by atoms with Crippen LogP contribution in [-0.2, 0) is 4.79 Å². The average molecular weight is 266 g/mol. The second kappa shape index (κ2) is 6.25. The highest BCUT2D eigenvalue weighted by molar-refractivity contribution is 5.84. The van der Waals surface area contributed by atoms with Crippen LogP contribution in [0.5, 0.6) is 0 Å². The third-order valence-electron chi connectivity index (χ3n) is 4.81. The molecule has 1 aliphatic heterocycles. The molecule has 110 valence electrons. The largest absolute Gasteiger partial charge is 0.323 e. The monoisotopic (exact) mass is 266 g/mol. The van der Waals surface area contributed by atoms with E-state index in [0.717, 1.165) is 12.8 Å². The molecule has 0 bridgehead atoms. The van der Waals surface area contributed by atoms with E-state index in [-0.39, 0.29) is 12.2 Å². The molecule has 0 aromatic rings. The zero-order valence-corrected chi connectivity index (χ0v) is 13.0. The van der Waals surface area contributed by atoms with E-state index >= 15 is 0 Å². The standard InChI is InChI=1S/C16H30N2O/c1-5-13-16(19)18(15(17-13)10-11(2)3)14-9-7-6-8-12(14)4/h11-15,17H,5-10H2,1-4H3. The Morgan fingerprint density at radius 2 is 2.00 bits per heavy atom. The van der Waals surface area contributed by atoms with Gasteiger partial charge >= 0.3 is 0 Å². The number of nitrogens with one attached hydrogen (secondary N) is 1. The van der Waals surface area contributed by atoms with Crippen LogP contribution in [0.3, 0.4) is 0 Å².